The molecule has 4 aromatic rings. The zero-order valence-corrected chi connectivity index (χ0v) is 16.3. The van der Waals surface area contributed by atoms with Gasteiger partial charge in [0, 0.05) is 10.0 Å². The number of nitrogens with one attached hydrogen (secondary N) is 2. The fraction of sp³-hybridized carbons (Fsp3) is 0. The van der Waals surface area contributed by atoms with Gasteiger partial charge in [-0.05, 0) is 42.5 Å². The number of benzene rings is 3. The SMILES string of the molecule is Oc1ccc(Br)cc1C=NNC(=Nc1ccccc1)c1nc2ccccc2[nH]1. The van der Waals surface area contributed by atoms with E-state index in [1.807, 2.05) is 54.6 Å². The number of aromatic amines is 1. The molecule has 0 atom stereocenters. The molecule has 0 fully saturated rings. The molecule has 3 aromatic carbocycles. The maximum atomic E-state index is 9.96. The summed E-state index contributed by atoms with van der Waals surface area (Å²) >= 11 is 3.39. The summed E-state index contributed by atoms with van der Waals surface area (Å²) in [6, 6.07) is 22.4. The number of aromatic nitrogens is 2. The Morgan fingerprint density at radius 3 is 2.64 bits per heavy atom. The highest BCUT2D eigenvalue weighted by molar-refractivity contribution is 9.10. The van der Waals surface area contributed by atoms with Gasteiger partial charge in [0.2, 0.25) is 0 Å². The number of aromatic hydroxyl groups is 1. The molecule has 6 nitrogen and oxygen atoms in total. The van der Waals surface area contributed by atoms with Gasteiger partial charge in [0.05, 0.1) is 22.9 Å². The number of fused-ring (bicyclic) bond motifs is 1. The van der Waals surface area contributed by atoms with E-state index in [9.17, 15) is 5.11 Å². The lowest BCUT2D eigenvalue weighted by Gasteiger charge is -2.04. The molecule has 0 saturated carbocycles. The number of hydrogen-bond donors (Lipinski definition) is 3. The molecule has 0 aliphatic heterocycles. The topological polar surface area (TPSA) is 85.7 Å². The number of nitrogens with zero attached hydrogens (tertiary/aromatic N) is 3. The van der Waals surface area contributed by atoms with Crippen LogP contribution < -0.4 is 5.43 Å². The van der Waals surface area contributed by atoms with Crippen molar-refractivity contribution in [1.29, 1.82) is 0 Å². The van der Waals surface area contributed by atoms with E-state index in [-0.39, 0.29) is 5.75 Å². The second-order valence-electron chi connectivity index (χ2n) is 5.97. The molecule has 0 aliphatic rings. The summed E-state index contributed by atoms with van der Waals surface area (Å²) in [7, 11) is 0. The van der Waals surface area contributed by atoms with Gasteiger partial charge in [0.25, 0.3) is 0 Å². The zero-order valence-electron chi connectivity index (χ0n) is 14.7. The van der Waals surface area contributed by atoms with Crippen molar-refractivity contribution in [3.05, 3.63) is 88.7 Å². The molecule has 0 unspecified atom stereocenters. The first kappa shape index (κ1) is 17.9. The van der Waals surface area contributed by atoms with Crippen LogP contribution in [0.3, 0.4) is 0 Å². The van der Waals surface area contributed by atoms with Crippen LogP contribution in [-0.4, -0.2) is 27.1 Å². The fourth-order valence-electron chi connectivity index (χ4n) is 2.62. The van der Waals surface area contributed by atoms with Gasteiger partial charge < -0.3 is 10.1 Å². The number of aliphatic imine (C=N–C) groups is 1. The number of amidine groups is 1. The molecule has 28 heavy (non-hydrogen) atoms. The van der Waals surface area contributed by atoms with E-state index >= 15 is 0 Å². The van der Waals surface area contributed by atoms with Crippen LogP contribution in [0.15, 0.2) is 87.4 Å². The van der Waals surface area contributed by atoms with Crippen molar-refractivity contribution in [3.8, 4) is 5.75 Å². The van der Waals surface area contributed by atoms with Crippen LogP contribution in [0.2, 0.25) is 0 Å². The minimum absolute atomic E-state index is 0.138. The molecule has 0 saturated heterocycles. The van der Waals surface area contributed by atoms with Gasteiger partial charge in [-0.1, -0.05) is 46.3 Å². The molecule has 1 aromatic heterocycles. The summed E-state index contributed by atoms with van der Waals surface area (Å²) in [5.74, 6) is 1.17. The number of phenols is 1. The Morgan fingerprint density at radius 2 is 1.82 bits per heavy atom. The Bertz CT molecular complexity index is 1130. The number of hydrogen-bond acceptors (Lipinski definition) is 4. The van der Waals surface area contributed by atoms with E-state index in [0.717, 1.165) is 21.2 Å². The summed E-state index contributed by atoms with van der Waals surface area (Å²) in [6.45, 7) is 0. The van der Waals surface area contributed by atoms with Crippen LogP contribution in [0, 0.1) is 0 Å². The van der Waals surface area contributed by atoms with E-state index in [0.29, 0.717) is 17.2 Å². The smallest absolute Gasteiger partial charge is 0.190 e. The molecule has 1 heterocycles. The Labute approximate surface area is 169 Å². The van der Waals surface area contributed by atoms with E-state index < -0.39 is 0 Å². The maximum Gasteiger partial charge on any atom is 0.190 e. The normalized spacial score (nSPS) is 12.0. The van der Waals surface area contributed by atoms with Crippen LogP contribution in [-0.2, 0) is 0 Å². The highest BCUT2D eigenvalue weighted by Gasteiger charge is 2.09. The maximum absolute atomic E-state index is 9.96. The summed E-state index contributed by atoms with van der Waals surface area (Å²) in [5, 5.41) is 14.2. The second kappa shape index (κ2) is 8.06. The number of imidazole rings is 1. The van der Waals surface area contributed by atoms with E-state index in [1.54, 1.807) is 18.2 Å². The predicted octanol–water partition coefficient (Wildman–Crippen LogP) is 4.73. The first-order chi connectivity index (χ1) is 13.7. The number of H-pyrrole nitrogens is 1. The molecular formula is C21H16BrN5O. The van der Waals surface area contributed by atoms with Crippen LogP contribution in [0.25, 0.3) is 11.0 Å². The van der Waals surface area contributed by atoms with Gasteiger partial charge in [-0.25, -0.2) is 9.98 Å². The molecular weight excluding hydrogens is 418 g/mol. The van der Waals surface area contributed by atoms with E-state index in [4.69, 9.17) is 0 Å². The van der Waals surface area contributed by atoms with E-state index in [2.05, 4.69) is 41.4 Å². The van der Waals surface area contributed by atoms with Crippen LogP contribution in [0.5, 0.6) is 5.75 Å². The van der Waals surface area contributed by atoms with E-state index in [1.165, 1.54) is 6.21 Å². The third kappa shape index (κ3) is 4.10. The predicted molar refractivity (Wildman–Crippen MR) is 115 cm³/mol. The van der Waals surface area contributed by atoms with Gasteiger partial charge in [-0.15, -0.1) is 0 Å². The number of rotatable bonds is 4. The van der Waals surface area contributed by atoms with Gasteiger partial charge >= 0.3 is 0 Å². The third-order valence-corrected chi connectivity index (χ3v) is 4.47. The summed E-state index contributed by atoms with van der Waals surface area (Å²) in [4.78, 5) is 12.5. The van der Waals surface area contributed by atoms with Gasteiger partial charge in [0.1, 0.15) is 5.75 Å². The average molecular weight is 434 g/mol. The van der Waals surface area contributed by atoms with Crippen molar-refractivity contribution < 1.29 is 5.11 Å². The molecule has 0 aliphatic carbocycles. The van der Waals surface area contributed by atoms with Crippen molar-refractivity contribution in [1.82, 2.24) is 15.4 Å². The minimum atomic E-state index is 0.138. The summed E-state index contributed by atoms with van der Waals surface area (Å²) < 4.78 is 0.849. The minimum Gasteiger partial charge on any atom is -0.507 e. The first-order valence-corrected chi connectivity index (χ1v) is 9.35. The third-order valence-electron chi connectivity index (χ3n) is 3.97. The Morgan fingerprint density at radius 1 is 1.04 bits per heavy atom. The van der Waals surface area contributed by atoms with Crippen LogP contribution >= 0.6 is 15.9 Å². The number of hydrazone groups is 1. The molecule has 3 N–H and O–H groups in total. The molecule has 7 heteroatoms. The second-order valence-corrected chi connectivity index (χ2v) is 6.89. The van der Waals surface area contributed by atoms with Crippen LogP contribution in [0.4, 0.5) is 5.69 Å². The molecule has 0 radical (unpaired) electrons. The van der Waals surface area contributed by atoms with Gasteiger partial charge in [0.15, 0.2) is 11.7 Å². The van der Waals surface area contributed by atoms with Crippen molar-refractivity contribution in [2.75, 3.05) is 0 Å². The average Bonchev–Trinajstić information content (AvgIpc) is 3.15. The number of phenolic OH excluding ortho intramolecular Hbond substituents is 1. The van der Waals surface area contributed by atoms with Crippen LogP contribution in [0.1, 0.15) is 11.4 Å². The Hall–Kier alpha value is -3.45. The number of halogens is 1. The van der Waals surface area contributed by atoms with Gasteiger partial charge in [-0.2, -0.15) is 5.10 Å². The van der Waals surface area contributed by atoms with Crippen molar-refractivity contribution >= 4 is 44.7 Å². The summed E-state index contributed by atoms with van der Waals surface area (Å²) in [5.41, 5.74) is 6.04. The lowest BCUT2D eigenvalue weighted by atomic mass is 10.2. The lowest BCUT2D eigenvalue weighted by molar-refractivity contribution is 0.474. The Balaban J connectivity index is 1.68. The number of para-hydroxylation sites is 3. The Kier molecular flexibility index (Phi) is 5.16. The van der Waals surface area contributed by atoms with Crippen molar-refractivity contribution in [2.45, 2.75) is 0 Å². The lowest BCUT2D eigenvalue weighted by Crippen LogP contribution is -2.20. The van der Waals surface area contributed by atoms with Crippen molar-refractivity contribution in [2.24, 2.45) is 10.1 Å². The first-order valence-electron chi connectivity index (χ1n) is 8.55. The van der Waals surface area contributed by atoms with Gasteiger partial charge in [-0.3, -0.25) is 5.43 Å². The fourth-order valence-corrected chi connectivity index (χ4v) is 3.00. The monoisotopic (exact) mass is 433 g/mol. The highest BCUT2D eigenvalue weighted by Crippen LogP contribution is 2.20. The molecule has 0 spiro atoms. The quantitative estimate of drug-likeness (QED) is 0.247. The molecule has 0 amide bonds. The summed E-state index contributed by atoms with van der Waals surface area (Å²) in [6.07, 6.45) is 1.53. The largest absolute Gasteiger partial charge is 0.507 e. The highest BCUT2D eigenvalue weighted by atomic mass is 79.9. The molecule has 0 bridgehead atoms. The van der Waals surface area contributed by atoms with Crippen molar-refractivity contribution in [3.63, 3.8) is 0 Å². The standard InChI is InChI=1S/C21H16BrN5O/c22-15-10-11-19(28)14(12-15)13-23-27-21(24-16-6-2-1-3-7-16)20-25-17-8-4-5-9-18(17)26-20/h1-13,28H,(H,24,27)(H,25,26). The molecule has 4 rings (SSSR count). The zero-order chi connectivity index (χ0) is 19.3. The molecule has 138 valence electrons.